The van der Waals surface area contributed by atoms with Crippen LogP contribution < -0.4 is 5.32 Å². The summed E-state index contributed by atoms with van der Waals surface area (Å²) in [6, 6.07) is 8.03. The molecule has 0 saturated heterocycles. The molecule has 0 fully saturated rings. The Hall–Kier alpha value is -1.72. The van der Waals surface area contributed by atoms with Crippen molar-refractivity contribution in [3.8, 4) is 0 Å². The summed E-state index contributed by atoms with van der Waals surface area (Å²) >= 11 is 1.70. The van der Waals surface area contributed by atoms with Crippen LogP contribution >= 0.6 is 11.3 Å². The van der Waals surface area contributed by atoms with Crippen LogP contribution in [0.15, 0.2) is 34.9 Å². The normalized spacial score (nSPS) is 12.9. The maximum Gasteiger partial charge on any atom is 0.197 e. The molecule has 2 aromatic heterocycles. The summed E-state index contributed by atoms with van der Waals surface area (Å²) in [4.78, 5) is 10.0. The highest BCUT2D eigenvalue weighted by Crippen LogP contribution is 2.25. The third-order valence-electron chi connectivity index (χ3n) is 3.05. The van der Waals surface area contributed by atoms with E-state index in [2.05, 4.69) is 15.3 Å². The van der Waals surface area contributed by atoms with Crippen LogP contribution in [0, 0.1) is 6.92 Å². The fourth-order valence-electron chi connectivity index (χ4n) is 2.07. The van der Waals surface area contributed by atoms with Crippen LogP contribution in [0.25, 0.3) is 11.1 Å². The van der Waals surface area contributed by atoms with Gasteiger partial charge in [-0.05, 0) is 26.1 Å². The number of rotatable bonds is 4. The van der Waals surface area contributed by atoms with Crippen LogP contribution in [0.3, 0.4) is 0 Å². The Morgan fingerprint density at radius 3 is 2.89 bits per heavy atom. The molecule has 0 bridgehead atoms. The molecule has 5 heteroatoms. The zero-order valence-electron chi connectivity index (χ0n) is 10.9. The third-order valence-corrected chi connectivity index (χ3v) is 4.07. The van der Waals surface area contributed by atoms with Gasteiger partial charge in [-0.2, -0.15) is 0 Å². The first-order chi connectivity index (χ1) is 9.26. The molecule has 1 N–H and O–H groups in total. The first-order valence-electron chi connectivity index (χ1n) is 6.20. The molecule has 3 aromatic rings. The quantitative estimate of drug-likeness (QED) is 0.793. The molecule has 98 valence electrons. The molecule has 0 spiro atoms. The van der Waals surface area contributed by atoms with E-state index in [1.54, 1.807) is 11.3 Å². The zero-order valence-corrected chi connectivity index (χ0v) is 11.7. The largest absolute Gasteiger partial charge is 0.441 e. The number of benzene rings is 1. The van der Waals surface area contributed by atoms with Crippen LogP contribution in [0.5, 0.6) is 0 Å². The number of para-hydroxylation sites is 2. The first kappa shape index (κ1) is 12.3. The smallest absolute Gasteiger partial charge is 0.197 e. The number of nitrogens with zero attached hydrogens (tertiary/aromatic N) is 2. The van der Waals surface area contributed by atoms with E-state index < -0.39 is 0 Å². The van der Waals surface area contributed by atoms with E-state index in [0.29, 0.717) is 0 Å². The second-order valence-corrected chi connectivity index (χ2v) is 5.67. The lowest BCUT2D eigenvalue weighted by molar-refractivity contribution is 0.477. The first-order valence-corrected chi connectivity index (χ1v) is 7.02. The molecule has 0 amide bonds. The number of fused-ring (bicyclic) bond motifs is 1. The van der Waals surface area contributed by atoms with E-state index in [0.717, 1.165) is 28.4 Å². The number of hydrogen-bond donors (Lipinski definition) is 1. The van der Waals surface area contributed by atoms with Crippen LogP contribution in [0.2, 0.25) is 0 Å². The van der Waals surface area contributed by atoms with Gasteiger partial charge in [-0.1, -0.05) is 12.1 Å². The van der Waals surface area contributed by atoms with Crippen LogP contribution in [-0.2, 0) is 6.42 Å². The SMILES string of the molecule is CNC(Cc1nc2ccccc2o1)c1cnc(C)s1. The lowest BCUT2D eigenvalue weighted by atomic mass is 10.2. The number of likely N-dealkylation sites (N-methyl/N-ethyl adjacent to an activating group) is 1. The standard InChI is InChI=1S/C14H15N3OS/c1-9-16-8-13(19-9)11(15-2)7-14-17-10-5-3-4-6-12(10)18-14/h3-6,8,11,15H,7H2,1-2H3. The van der Waals surface area contributed by atoms with Crippen molar-refractivity contribution in [2.45, 2.75) is 19.4 Å². The van der Waals surface area contributed by atoms with Gasteiger partial charge in [0, 0.05) is 17.5 Å². The Morgan fingerprint density at radius 2 is 2.21 bits per heavy atom. The molecule has 0 aliphatic carbocycles. The fourth-order valence-corrected chi connectivity index (χ4v) is 2.96. The van der Waals surface area contributed by atoms with Crippen molar-refractivity contribution in [2.24, 2.45) is 0 Å². The summed E-state index contributed by atoms with van der Waals surface area (Å²) in [6.07, 6.45) is 2.65. The van der Waals surface area contributed by atoms with Crippen molar-refractivity contribution < 1.29 is 4.42 Å². The van der Waals surface area contributed by atoms with Gasteiger partial charge in [-0.15, -0.1) is 11.3 Å². The Labute approximate surface area is 115 Å². The molecule has 19 heavy (non-hydrogen) atoms. The molecule has 0 aliphatic rings. The maximum absolute atomic E-state index is 5.76. The summed E-state index contributed by atoms with van der Waals surface area (Å²) in [6.45, 7) is 2.01. The Kier molecular flexibility index (Phi) is 3.31. The van der Waals surface area contributed by atoms with E-state index in [-0.39, 0.29) is 6.04 Å². The molecule has 1 aromatic carbocycles. The van der Waals surface area contributed by atoms with E-state index in [4.69, 9.17) is 4.42 Å². The predicted molar refractivity (Wildman–Crippen MR) is 76.4 cm³/mol. The van der Waals surface area contributed by atoms with Crippen molar-refractivity contribution in [1.29, 1.82) is 0 Å². The van der Waals surface area contributed by atoms with Crippen LogP contribution in [-0.4, -0.2) is 17.0 Å². The second kappa shape index (κ2) is 5.11. The highest BCUT2D eigenvalue weighted by atomic mass is 32.1. The minimum atomic E-state index is 0.194. The molecular formula is C14H15N3OS. The summed E-state index contributed by atoms with van der Waals surface area (Å²) in [7, 11) is 1.95. The monoisotopic (exact) mass is 273 g/mol. The summed E-state index contributed by atoms with van der Waals surface area (Å²) in [5.74, 6) is 0.756. The van der Waals surface area contributed by atoms with E-state index in [1.165, 1.54) is 4.88 Å². The van der Waals surface area contributed by atoms with Crippen molar-refractivity contribution >= 4 is 22.4 Å². The number of thiazole rings is 1. The number of nitrogens with one attached hydrogen (secondary N) is 1. The summed E-state index contributed by atoms with van der Waals surface area (Å²) in [5.41, 5.74) is 1.75. The molecule has 2 heterocycles. The summed E-state index contributed by atoms with van der Waals surface area (Å²) < 4.78 is 5.76. The van der Waals surface area contributed by atoms with Gasteiger partial charge in [0.25, 0.3) is 0 Å². The van der Waals surface area contributed by atoms with Crippen LogP contribution in [0.4, 0.5) is 0 Å². The van der Waals surface area contributed by atoms with E-state index in [9.17, 15) is 0 Å². The van der Waals surface area contributed by atoms with Crippen LogP contribution in [0.1, 0.15) is 21.8 Å². The molecule has 1 atom stereocenters. The highest BCUT2D eigenvalue weighted by Gasteiger charge is 2.16. The van der Waals surface area contributed by atoms with Crippen molar-refractivity contribution in [1.82, 2.24) is 15.3 Å². The van der Waals surface area contributed by atoms with Gasteiger partial charge in [0.05, 0.1) is 11.0 Å². The maximum atomic E-state index is 5.76. The highest BCUT2D eigenvalue weighted by molar-refractivity contribution is 7.11. The Morgan fingerprint density at radius 1 is 1.37 bits per heavy atom. The van der Waals surface area contributed by atoms with Gasteiger partial charge in [0.2, 0.25) is 0 Å². The fraction of sp³-hybridized carbons (Fsp3) is 0.286. The summed E-state index contributed by atoms with van der Waals surface area (Å²) in [5, 5.41) is 4.37. The zero-order chi connectivity index (χ0) is 13.2. The molecule has 3 rings (SSSR count). The van der Waals surface area contributed by atoms with Gasteiger partial charge in [0.1, 0.15) is 5.52 Å². The van der Waals surface area contributed by atoms with Crippen molar-refractivity contribution in [3.05, 3.63) is 46.2 Å². The van der Waals surface area contributed by atoms with Gasteiger partial charge in [0.15, 0.2) is 11.5 Å². The van der Waals surface area contributed by atoms with E-state index in [1.807, 2.05) is 44.4 Å². The minimum absolute atomic E-state index is 0.194. The molecular weight excluding hydrogens is 258 g/mol. The lowest BCUT2D eigenvalue weighted by Gasteiger charge is -2.11. The van der Waals surface area contributed by atoms with Gasteiger partial charge < -0.3 is 9.73 Å². The molecule has 4 nitrogen and oxygen atoms in total. The second-order valence-electron chi connectivity index (χ2n) is 4.40. The molecule has 0 radical (unpaired) electrons. The van der Waals surface area contributed by atoms with Gasteiger partial charge in [-0.25, -0.2) is 9.97 Å². The van der Waals surface area contributed by atoms with Gasteiger partial charge >= 0.3 is 0 Å². The topological polar surface area (TPSA) is 51.0 Å². The Bertz CT molecular complexity index is 656. The third kappa shape index (κ3) is 2.52. The molecule has 0 aliphatic heterocycles. The van der Waals surface area contributed by atoms with E-state index >= 15 is 0 Å². The number of hydrogen-bond acceptors (Lipinski definition) is 5. The number of aromatic nitrogens is 2. The average Bonchev–Trinajstić information content (AvgIpc) is 3.01. The Balaban J connectivity index is 1.86. The predicted octanol–water partition coefficient (Wildman–Crippen LogP) is 3.10. The van der Waals surface area contributed by atoms with Gasteiger partial charge in [-0.3, -0.25) is 0 Å². The number of oxazole rings is 1. The van der Waals surface area contributed by atoms with Crippen molar-refractivity contribution in [2.75, 3.05) is 7.05 Å². The number of aryl methyl sites for hydroxylation is 1. The molecule has 1 unspecified atom stereocenters. The minimum Gasteiger partial charge on any atom is -0.441 e. The molecule has 0 saturated carbocycles. The van der Waals surface area contributed by atoms with Crippen molar-refractivity contribution in [3.63, 3.8) is 0 Å². The lowest BCUT2D eigenvalue weighted by Crippen LogP contribution is -2.17. The average molecular weight is 273 g/mol.